The summed E-state index contributed by atoms with van der Waals surface area (Å²) in [6, 6.07) is 4.07. The van der Waals surface area contributed by atoms with E-state index in [-0.39, 0.29) is 34.5 Å². The average Bonchev–Trinajstić information content (AvgIpc) is 2.75. The molecule has 1 N–H and O–H groups in total. The number of piperazine rings is 1. The molecule has 5 fully saturated rings. The van der Waals surface area contributed by atoms with E-state index in [9.17, 15) is 22.8 Å². The van der Waals surface area contributed by atoms with Crippen LogP contribution < -0.4 is 10.1 Å². The van der Waals surface area contributed by atoms with E-state index in [0.29, 0.717) is 44.7 Å². The lowest BCUT2D eigenvalue weighted by Gasteiger charge is -2.56. The fourth-order valence-electron chi connectivity index (χ4n) is 7.51. The Labute approximate surface area is 214 Å². The third kappa shape index (κ3) is 6.28. The Balaban J connectivity index is 1.06. The maximum Gasteiger partial charge on any atom is 0.573 e. The number of alkyl halides is 3. The Kier molecular flexibility index (Phi) is 7.15. The van der Waals surface area contributed by atoms with Crippen molar-refractivity contribution in [2.75, 3.05) is 32.7 Å². The number of nitrogens with one attached hydrogen (secondary N) is 1. The summed E-state index contributed by atoms with van der Waals surface area (Å²) < 4.78 is 41.6. The first-order valence-electron chi connectivity index (χ1n) is 12.9. The largest absolute Gasteiger partial charge is 0.573 e. The van der Waals surface area contributed by atoms with Gasteiger partial charge in [-0.05, 0) is 85.5 Å². The molecule has 1 aromatic carbocycles. The minimum absolute atomic E-state index is 0.0115. The summed E-state index contributed by atoms with van der Waals surface area (Å²) in [4.78, 5) is 29.2. The molecule has 4 bridgehead atoms. The van der Waals surface area contributed by atoms with Gasteiger partial charge in [-0.3, -0.25) is 14.5 Å². The van der Waals surface area contributed by atoms with Gasteiger partial charge in [0.2, 0.25) is 11.8 Å². The molecule has 0 atom stereocenters. The van der Waals surface area contributed by atoms with Gasteiger partial charge in [0, 0.05) is 44.2 Å². The highest BCUT2D eigenvalue weighted by atomic mass is 35.5. The molecule has 2 amide bonds. The Morgan fingerprint density at radius 2 is 1.61 bits per heavy atom. The molecular formula is C26H33ClF3N3O3. The lowest BCUT2D eigenvalue weighted by molar-refractivity contribution is -0.274. The molecule has 1 aromatic rings. The SMILES string of the molecule is O=C(CC12CC3CC(CC(C3)C1)C2)NCC(=O)N1CCN(Cc2cc(Cl)cc(OC(F)(F)F)c2)CC1. The van der Waals surface area contributed by atoms with E-state index in [1.165, 1.54) is 44.6 Å². The van der Waals surface area contributed by atoms with Gasteiger partial charge in [-0.1, -0.05) is 11.6 Å². The van der Waals surface area contributed by atoms with E-state index in [0.717, 1.165) is 23.8 Å². The molecule has 0 radical (unpaired) electrons. The number of hydrogen-bond donors (Lipinski definition) is 1. The summed E-state index contributed by atoms with van der Waals surface area (Å²) in [6.45, 7) is 2.56. The minimum atomic E-state index is -4.78. The van der Waals surface area contributed by atoms with Gasteiger partial charge in [0.15, 0.2) is 0 Å². The van der Waals surface area contributed by atoms with Crippen LogP contribution in [0.4, 0.5) is 13.2 Å². The summed E-state index contributed by atoms with van der Waals surface area (Å²) in [5.74, 6) is 1.91. The molecule has 10 heteroatoms. The van der Waals surface area contributed by atoms with Gasteiger partial charge >= 0.3 is 6.36 Å². The van der Waals surface area contributed by atoms with Gasteiger partial charge in [-0.25, -0.2) is 0 Å². The zero-order valence-corrected chi connectivity index (χ0v) is 21.0. The highest BCUT2D eigenvalue weighted by Gasteiger charge is 2.51. The van der Waals surface area contributed by atoms with Crippen LogP contribution in [0.15, 0.2) is 18.2 Å². The van der Waals surface area contributed by atoms with E-state index < -0.39 is 6.36 Å². The maximum atomic E-state index is 12.7. The molecule has 4 aliphatic carbocycles. The second-order valence-electron chi connectivity index (χ2n) is 11.4. The minimum Gasteiger partial charge on any atom is -0.406 e. The molecule has 6 rings (SSSR count). The molecule has 4 saturated carbocycles. The Morgan fingerprint density at radius 1 is 1.00 bits per heavy atom. The molecular weight excluding hydrogens is 495 g/mol. The van der Waals surface area contributed by atoms with Gasteiger partial charge in [0.25, 0.3) is 0 Å². The van der Waals surface area contributed by atoms with Crippen molar-refractivity contribution in [3.63, 3.8) is 0 Å². The molecule has 6 nitrogen and oxygen atoms in total. The number of nitrogens with zero attached hydrogens (tertiary/aromatic N) is 2. The topological polar surface area (TPSA) is 61.9 Å². The predicted molar refractivity (Wildman–Crippen MR) is 128 cm³/mol. The van der Waals surface area contributed by atoms with Crippen LogP contribution in [0.1, 0.15) is 50.5 Å². The van der Waals surface area contributed by atoms with Crippen LogP contribution >= 0.6 is 11.6 Å². The summed E-state index contributed by atoms with van der Waals surface area (Å²) >= 11 is 5.97. The number of halogens is 4. The number of ether oxygens (including phenoxy) is 1. The molecule has 1 saturated heterocycles. The van der Waals surface area contributed by atoms with Gasteiger partial charge in [0.1, 0.15) is 5.75 Å². The van der Waals surface area contributed by atoms with Crippen LogP contribution in [0.3, 0.4) is 0 Å². The third-order valence-electron chi connectivity index (χ3n) is 8.43. The molecule has 5 aliphatic rings. The van der Waals surface area contributed by atoms with E-state index in [2.05, 4.69) is 15.0 Å². The van der Waals surface area contributed by atoms with Crippen molar-refractivity contribution in [3.8, 4) is 5.75 Å². The van der Waals surface area contributed by atoms with Crippen LogP contribution in [0, 0.1) is 23.2 Å². The fraction of sp³-hybridized carbons (Fsp3) is 0.692. The zero-order valence-electron chi connectivity index (χ0n) is 20.3. The molecule has 0 aromatic heterocycles. The van der Waals surface area contributed by atoms with E-state index in [4.69, 9.17) is 11.6 Å². The van der Waals surface area contributed by atoms with Crippen molar-refractivity contribution in [2.24, 2.45) is 23.2 Å². The second kappa shape index (κ2) is 10.0. The zero-order chi connectivity index (χ0) is 25.5. The monoisotopic (exact) mass is 527 g/mol. The van der Waals surface area contributed by atoms with Crippen LogP contribution in [-0.4, -0.2) is 60.7 Å². The van der Waals surface area contributed by atoms with Gasteiger partial charge in [0.05, 0.1) is 6.54 Å². The molecule has 1 heterocycles. The summed E-state index contributed by atoms with van der Waals surface area (Å²) in [7, 11) is 0. The maximum absolute atomic E-state index is 12.7. The molecule has 0 spiro atoms. The van der Waals surface area contributed by atoms with E-state index >= 15 is 0 Å². The standard InChI is InChI=1S/C26H33ClF3N3O3/c27-21-8-20(9-22(10-21)36-26(28,29)30)16-32-1-3-33(4-2-32)24(35)15-31-23(34)14-25-11-17-5-18(12-25)7-19(6-17)13-25/h8-10,17-19H,1-7,11-16H2,(H,31,34). The number of rotatable bonds is 7. The normalized spacial score (nSPS) is 29.9. The third-order valence-corrected chi connectivity index (χ3v) is 8.65. The number of carbonyl (C=O) groups excluding carboxylic acids is 2. The first kappa shape index (κ1) is 25.6. The Morgan fingerprint density at radius 3 is 2.19 bits per heavy atom. The van der Waals surface area contributed by atoms with Crippen molar-refractivity contribution in [2.45, 2.75) is 57.9 Å². The average molecular weight is 528 g/mol. The van der Waals surface area contributed by atoms with Crippen LogP contribution in [0.25, 0.3) is 0 Å². The van der Waals surface area contributed by atoms with E-state index in [1.54, 1.807) is 11.0 Å². The Bertz CT molecular complexity index is 959. The van der Waals surface area contributed by atoms with Crippen molar-refractivity contribution in [3.05, 3.63) is 28.8 Å². The van der Waals surface area contributed by atoms with Gasteiger partial charge < -0.3 is 15.0 Å². The lowest BCUT2D eigenvalue weighted by Crippen LogP contribution is -2.51. The smallest absolute Gasteiger partial charge is 0.406 e. The molecule has 36 heavy (non-hydrogen) atoms. The van der Waals surface area contributed by atoms with Crippen molar-refractivity contribution in [1.29, 1.82) is 0 Å². The highest BCUT2D eigenvalue weighted by molar-refractivity contribution is 6.30. The number of amides is 2. The fourth-order valence-corrected chi connectivity index (χ4v) is 7.76. The van der Waals surface area contributed by atoms with Crippen molar-refractivity contribution >= 4 is 23.4 Å². The number of hydrogen-bond acceptors (Lipinski definition) is 4. The van der Waals surface area contributed by atoms with Gasteiger partial charge in [-0.15, -0.1) is 13.2 Å². The predicted octanol–water partition coefficient (Wildman–Crippen LogP) is 4.61. The molecule has 1 aliphatic heterocycles. The lowest BCUT2D eigenvalue weighted by atomic mass is 9.49. The first-order valence-corrected chi connectivity index (χ1v) is 13.2. The quantitative estimate of drug-likeness (QED) is 0.563. The number of carbonyl (C=O) groups is 2. The highest BCUT2D eigenvalue weighted by Crippen LogP contribution is 2.61. The second-order valence-corrected chi connectivity index (χ2v) is 11.8. The van der Waals surface area contributed by atoms with Gasteiger partial charge in [-0.2, -0.15) is 0 Å². The van der Waals surface area contributed by atoms with Crippen LogP contribution in [0.5, 0.6) is 5.75 Å². The van der Waals surface area contributed by atoms with E-state index in [1.807, 2.05) is 0 Å². The molecule has 0 unspecified atom stereocenters. The van der Waals surface area contributed by atoms with Crippen molar-refractivity contribution < 1.29 is 27.5 Å². The summed E-state index contributed by atoms with van der Waals surface area (Å²) in [6.07, 6.45) is 3.27. The molecule has 198 valence electrons. The Hall–Kier alpha value is -2.00. The summed E-state index contributed by atoms with van der Waals surface area (Å²) in [5.41, 5.74) is 0.761. The number of benzene rings is 1. The van der Waals surface area contributed by atoms with Crippen LogP contribution in [-0.2, 0) is 16.1 Å². The first-order chi connectivity index (χ1) is 17.0. The van der Waals surface area contributed by atoms with Crippen LogP contribution in [0.2, 0.25) is 5.02 Å². The van der Waals surface area contributed by atoms with Crippen molar-refractivity contribution in [1.82, 2.24) is 15.1 Å². The summed E-state index contributed by atoms with van der Waals surface area (Å²) in [5, 5.41) is 3.04.